The van der Waals surface area contributed by atoms with Gasteiger partial charge in [0.05, 0.1) is 19.3 Å². The monoisotopic (exact) mass is 260 g/mol. The summed E-state index contributed by atoms with van der Waals surface area (Å²) in [5.74, 6) is -0.108. The van der Waals surface area contributed by atoms with Gasteiger partial charge >= 0.3 is 0 Å². The Morgan fingerprint density at radius 3 is 2.56 bits per heavy atom. The molecule has 6 heteroatoms. The highest BCUT2D eigenvalue weighted by atomic mass is 16.5. The van der Waals surface area contributed by atoms with Crippen LogP contribution in [0.1, 0.15) is 32.6 Å². The number of hydrogen-bond acceptors (Lipinski definition) is 4. The molecule has 6 nitrogen and oxygen atoms in total. The standard InChI is InChI=1S/C12H24N2O4/c1-10(16)13-7-5-3-4-6-12(17)14-11(8-15)9-18-2/h11,15H,3-9H2,1-2H3,(H,13,16)(H,14,17). The fourth-order valence-electron chi connectivity index (χ4n) is 1.49. The molecule has 0 saturated heterocycles. The van der Waals surface area contributed by atoms with E-state index in [1.54, 1.807) is 0 Å². The largest absolute Gasteiger partial charge is 0.394 e. The van der Waals surface area contributed by atoms with E-state index in [1.165, 1.54) is 14.0 Å². The minimum atomic E-state index is -0.332. The molecule has 3 N–H and O–H groups in total. The number of carbonyl (C=O) groups excluding carboxylic acids is 2. The molecule has 0 heterocycles. The molecule has 0 bridgehead atoms. The molecular weight excluding hydrogens is 236 g/mol. The Morgan fingerprint density at radius 1 is 1.28 bits per heavy atom. The Balaban J connectivity index is 3.49. The third kappa shape index (κ3) is 10.0. The highest BCUT2D eigenvalue weighted by Gasteiger charge is 2.10. The highest BCUT2D eigenvalue weighted by Crippen LogP contribution is 1.99. The van der Waals surface area contributed by atoms with E-state index in [0.29, 0.717) is 19.6 Å². The number of unbranched alkanes of at least 4 members (excludes halogenated alkanes) is 2. The van der Waals surface area contributed by atoms with Crippen LogP contribution in [-0.2, 0) is 14.3 Å². The fraction of sp³-hybridized carbons (Fsp3) is 0.833. The van der Waals surface area contributed by atoms with E-state index >= 15 is 0 Å². The SMILES string of the molecule is COCC(CO)NC(=O)CCCCCNC(C)=O. The van der Waals surface area contributed by atoms with Crippen molar-refractivity contribution in [1.82, 2.24) is 10.6 Å². The van der Waals surface area contributed by atoms with Crippen LogP contribution in [0.4, 0.5) is 0 Å². The first-order valence-electron chi connectivity index (χ1n) is 6.23. The topological polar surface area (TPSA) is 87.7 Å². The lowest BCUT2D eigenvalue weighted by atomic mass is 10.2. The first kappa shape index (κ1) is 16.9. The van der Waals surface area contributed by atoms with Crippen molar-refractivity contribution in [2.75, 3.05) is 26.9 Å². The van der Waals surface area contributed by atoms with Crippen LogP contribution >= 0.6 is 0 Å². The van der Waals surface area contributed by atoms with Crippen molar-refractivity contribution in [2.45, 2.75) is 38.6 Å². The average Bonchev–Trinajstić information content (AvgIpc) is 2.32. The van der Waals surface area contributed by atoms with E-state index in [4.69, 9.17) is 9.84 Å². The van der Waals surface area contributed by atoms with Gasteiger partial charge in [-0.1, -0.05) is 6.42 Å². The van der Waals surface area contributed by atoms with Crippen molar-refractivity contribution in [3.8, 4) is 0 Å². The highest BCUT2D eigenvalue weighted by molar-refractivity contribution is 5.76. The van der Waals surface area contributed by atoms with Crippen molar-refractivity contribution >= 4 is 11.8 Å². The number of carbonyl (C=O) groups is 2. The summed E-state index contributed by atoms with van der Waals surface area (Å²) >= 11 is 0. The lowest BCUT2D eigenvalue weighted by Gasteiger charge is -2.14. The van der Waals surface area contributed by atoms with E-state index in [-0.39, 0.29) is 24.5 Å². The maximum absolute atomic E-state index is 11.5. The average molecular weight is 260 g/mol. The molecule has 0 aliphatic carbocycles. The quantitative estimate of drug-likeness (QED) is 0.475. The predicted octanol–water partition coefficient (Wildman–Crippen LogP) is -0.194. The zero-order valence-electron chi connectivity index (χ0n) is 11.2. The molecule has 0 aliphatic heterocycles. The number of nitrogens with one attached hydrogen (secondary N) is 2. The summed E-state index contributed by atoms with van der Waals surface area (Å²) < 4.78 is 4.86. The normalized spacial score (nSPS) is 11.9. The van der Waals surface area contributed by atoms with Gasteiger partial charge in [0.1, 0.15) is 0 Å². The predicted molar refractivity (Wildman–Crippen MR) is 68.0 cm³/mol. The summed E-state index contributed by atoms with van der Waals surface area (Å²) in [7, 11) is 1.52. The van der Waals surface area contributed by atoms with Crippen molar-refractivity contribution in [3.63, 3.8) is 0 Å². The van der Waals surface area contributed by atoms with Gasteiger partial charge in [-0.05, 0) is 12.8 Å². The first-order valence-corrected chi connectivity index (χ1v) is 6.23. The van der Waals surface area contributed by atoms with Crippen LogP contribution in [0.5, 0.6) is 0 Å². The summed E-state index contributed by atoms with van der Waals surface area (Å²) in [4.78, 5) is 22.1. The van der Waals surface area contributed by atoms with Gasteiger partial charge < -0.3 is 20.5 Å². The minimum absolute atomic E-state index is 0.0295. The zero-order chi connectivity index (χ0) is 13.8. The van der Waals surface area contributed by atoms with Crippen molar-refractivity contribution < 1.29 is 19.4 Å². The third-order valence-corrected chi connectivity index (χ3v) is 2.41. The minimum Gasteiger partial charge on any atom is -0.394 e. The van der Waals surface area contributed by atoms with Crippen molar-refractivity contribution in [1.29, 1.82) is 0 Å². The number of methoxy groups -OCH3 is 1. The summed E-state index contributed by atoms with van der Waals surface area (Å²) in [5.41, 5.74) is 0. The van der Waals surface area contributed by atoms with Crippen LogP contribution in [0.2, 0.25) is 0 Å². The van der Waals surface area contributed by atoms with E-state index in [1.807, 2.05) is 0 Å². The van der Waals surface area contributed by atoms with E-state index < -0.39 is 0 Å². The van der Waals surface area contributed by atoms with E-state index in [2.05, 4.69) is 10.6 Å². The smallest absolute Gasteiger partial charge is 0.220 e. The van der Waals surface area contributed by atoms with Gasteiger partial charge in [0, 0.05) is 27.0 Å². The lowest BCUT2D eigenvalue weighted by Crippen LogP contribution is -2.40. The Morgan fingerprint density at radius 2 is 2.00 bits per heavy atom. The van der Waals surface area contributed by atoms with Crippen LogP contribution in [-0.4, -0.2) is 49.8 Å². The van der Waals surface area contributed by atoms with Crippen molar-refractivity contribution in [2.24, 2.45) is 0 Å². The van der Waals surface area contributed by atoms with Crippen LogP contribution in [0.25, 0.3) is 0 Å². The molecule has 0 fully saturated rings. The summed E-state index contributed by atoms with van der Waals surface area (Å²) in [6.07, 6.45) is 2.97. The second-order valence-electron chi connectivity index (χ2n) is 4.20. The van der Waals surface area contributed by atoms with Crippen LogP contribution in [0.15, 0.2) is 0 Å². The number of ether oxygens (including phenoxy) is 1. The summed E-state index contributed by atoms with van der Waals surface area (Å²) in [6.45, 7) is 2.32. The Kier molecular flexibility index (Phi) is 10.3. The first-order chi connectivity index (χ1) is 8.60. The molecule has 106 valence electrons. The Hall–Kier alpha value is -1.14. The molecule has 18 heavy (non-hydrogen) atoms. The van der Waals surface area contributed by atoms with Gasteiger partial charge in [0.25, 0.3) is 0 Å². The second-order valence-corrected chi connectivity index (χ2v) is 4.20. The van der Waals surface area contributed by atoms with Gasteiger partial charge in [-0.15, -0.1) is 0 Å². The Labute approximate surface area is 108 Å². The molecule has 0 aromatic heterocycles. The molecule has 0 radical (unpaired) electrons. The molecule has 0 spiro atoms. The Bertz CT molecular complexity index is 246. The van der Waals surface area contributed by atoms with Gasteiger partial charge in [-0.2, -0.15) is 0 Å². The molecular formula is C12H24N2O4. The van der Waals surface area contributed by atoms with Gasteiger partial charge in [0.2, 0.25) is 11.8 Å². The number of aliphatic hydroxyl groups is 1. The fourth-order valence-corrected chi connectivity index (χ4v) is 1.49. The summed E-state index contributed by atoms with van der Waals surface area (Å²) in [6, 6.07) is -0.332. The summed E-state index contributed by atoms with van der Waals surface area (Å²) in [5, 5.41) is 14.4. The van der Waals surface area contributed by atoms with Gasteiger partial charge in [-0.25, -0.2) is 0 Å². The second kappa shape index (κ2) is 11.0. The molecule has 0 rings (SSSR count). The van der Waals surface area contributed by atoms with Gasteiger partial charge in [-0.3, -0.25) is 9.59 Å². The molecule has 2 amide bonds. The lowest BCUT2D eigenvalue weighted by molar-refractivity contribution is -0.122. The number of hydrogen-bond donors (Lipinski definition) is 3. The molecule has 0 aliphatic rings. The third-order valence-electron chi connectivity index (χ3n) is 2.41. The zero-order valence-corrected chi connectivity index (χ0v) is 11.2. The van der Waals surface area contributed by atoms with E-state index in [0.717, 1.165) is 19.3 Å². The van der Waals surface area contributed by atoms with Crippen LogP contribution < -0.4 is 10.6 Å². The van der Waals surface area contributed by atoms with Gasteiger partial charge in [0.15, 0.2) is 0 Å². The maximum atomic E-state index is 11.5. The number of amides is 2. The number of rotatable bonds is 10. The van der Waals surface area contributed by atoms with Crippen LogP contribution in [0, 0.1) is 0 Å². The number of aliphatic hydroxyl groups excluding tert-OH is 1. The maximum Gasteiger partial charge on any atom is 0.220 e. The van der Waals surface area contributed by atoms with Crippen molar-refractivity contribution in [3.05, 3.63) is 0 Å². The molecule has 1 atom stereocenters. The van der Waals surface area contributed by atoms with E-state index in [9.17, 15) is 9.59 Å². The molecule has 0 saturated carbocycles. The molecule has 0 aromatic carbocycles. The van der Waals surface area contributed by atoms with Crippen LogP contribution in [0.3, 0.4) is 0 Å². The molecule has 1 unspecified atom stereocenters. The molecule has 0 aromatic rings.